The largest absolute Gasteiger partial charge is 0.493 e. The third-order valence-electron chi connectivity index (χ3n) is 5.37. The Bertz CT molecular complexity index is 941. The van der Waals surface area contributed by atoms with E-state index < -0.39 is 4.92 Å². The zero-order chi connectivity index (χ0) is 23.3. The minimum absolute atomic E-state index is 0.0652. The van der Waals surface area contributed by atoms with Crippen LogP contribution in [0.25, 0.3) is 0 Å². The highest BCUT2D eigenvalue weighted by Gasteiger charge is 2.32. The van der Waals surface area contributed by atoms with Crippen LogP contribution in [0.5, 0.6) is 28.7 Å². The van der Waals surface area contributed by atoms with Crippen LogP contribution >= 0.6 is 11.8 Å². The van der Waals surface area contributed by atoms with Gasteiger partial charge in [0.2, 0.25) is 11.5 Å². The number of nitro groups is 1. The maximum absolute atomic E-state index is 11.7. The van der Waals surface area contributed by atoms with Crippen LogP contribution in [0.4, 0.5) is 5.69 Å². The van der Waals surface area contributed by atoms with Crippen molar-refractivity contribution in [2.45, 2.75) is 36.7 Å². The monoisotopic (exact) mass is 463 g/mol. The van der Waals surface area contributed by atoms with Crippen molar-refractivity contribution in [1.29, 1.82) is 0 Å². The van der Waals surface area contributed by atoms with E-state index in [1.807, 2.05) is 25.1 Å². The van der Waals surface area contributed by atoms with Crippen LogP contribution in [0.3, 0.4) is 0 Å². The van der Waals surface area contributed by atoms with Crippen LogP contribution in [0.2, 0.25) is 0 Å². The van der Waals surface area contributed by atoms with Gasteiger partial charge in [-0.3, -0.25) is 10.1 Å². The van der Waals surface area contributed by atoms with Crippen molar-refractivity contribution in [3.63, 3.8) is 0 Å². The van der Waals surface area contributed by atoms with E-state index in [9.17, 15) is 10.1 Å². The van der Waals surface area contributed by atoms with Crippen LogP contribution in [0.1, 0.15) is 47.8 Å². The van der Waals surface area contributed by atoms with Gasteiger partial charge in [0.25, 0.3) is 0 Å². The predicted molar refractivity (Wildman–Crippen MR) is 124 cm³/mol. The van der Waals surface area contributed by atoms with Crippen molar-refractivity contribution in [2.24, 2.45) is 0 Å². The summed E-state index contributed by atoms with van der Waals surface area (Å²) in [5, 5.41) is 12.0. The van der Waals surface area contributed by atoms with Crippen molar-refractivity contribution in [2.75, 3.05) is 35.0 Å². The zero-order valence-electron chi connectivity index (χ0n) is 19.0. The molecule has 9 heteroatoms. The van der Waals surface area contributed by atoms with E-state index in [1.54, 1.807) is 39.2 Å². The van der Waals surface area contributed by atoms with Gasteiger partial charge in [-0.1, -0.05) is 6.92 Å². The Labute approximate surface area is 192 Å². The normalized spacial score (nSPS) is 17.7. The summed E-state index contributed by atoms with van der Waals surface area (Å²) < 4.78 is 27.5. The van der Waals surface area contributed by atoms with E-state index in [0.717, 1.165) is 30.4 Å². The lowest BCUT2D eigenvalue weighted by Crippen LogP contribution is -2.03. The van der Waals surface area contributed by atoms with Gasteiger partial charge in [-0.25, -0.2) is 0 Å². The summed E-state index contributed by atoms with van der Waals surface area (Å²) >= 11 is 1.76. The topological polar surface area (TPSA) is 89.3 Å². The number of nitrogens with zero attached hydrogens (tertiary/aromatic N) is 1. The number of hydrogen-bond donors (Lipinski definition) is 0. The van der Waals surface area contributed by atoms with Crippen LogP contribution in [-0.4, -0.2) is 40.0 Å². The molecular formula is C23H29NO7S. The maximum Gasteiger partial charge on any atom is 0.315 e. The van der Waals surface area contributed by atoms with E-state index in [4.69, 9.17) is 23.7 Å². The van der Waals surface area contributed by atoms with E-state index >= 15 is 0 Å². The number of rotatable bonds is 10. The molecule has 1 aliphatic rings. The summed E-state index contributed by atoms with van der Waals surface area (Å²) in [6.45, 7) is 2.34. The van der Waals surface area contributed by atoms with Crippen molar-refractivity contribution >= 4 is 17.4 Å². The molecular weight excluding hydrogens is 434 g/mol. The maximum atomic E-state index is 11.7. The molecule has 0 spiro atoms. The lowest BCUT2D eigenvalue weighted by molar-refractivity contribution is -0.386. The molecule has 174 valence electrons. The van der Waals surface area contributed by atoms with Gasteiger partial charge >= 0.3 is 5.69 Å². The van der Waals surface area contributed by atoms with E-state index in [-0.39, 0.29) is 21.9 Å². The second-order valence-electron chi connectivity index (χ2n) is 7.33. The molecule has 0 unspecified atom stereocenters. The highest BCUT2D eigenvalue weighted by atomic mass is 32.2. The average molecular weight is 464 g/mol. The molecule has 0 amide bonds. The Morgan fingerprint density at radius 2 is 1.38 bits per heavy atom. The Kier molecular flexibility index (Phi) is 7.95. The lowest BCUT2D eigenvalue weighted by atomic mass is 10.0. The molecule has 1 fully saturated rings. The van der Waals surface area contributed by atoms with Gasteiger partial charge in [0.05, 0.1) is 40.0 Å². The SMILES string of the molecule is CCCOc1c(OC)cc([C@@H]2CC[C@@H](c3cc(OC)c(OC)c(OC)c3)S2)cc1[N+](=O)[O-]. The van der Waals surface area contributed by atoms with Crippen molar-refractivity contribution in [3.05, 3.63) is 45.5 Å². The summed E-state index contributed by atoms with van der Waals surface area (Å²) in [6.07, 6.45) is 2.54. The summed E-state index contributed by atoms with van der Waals surface area (Å²) in [5.41, 5.74) is 1.86. The van der Waals surface area contributed by atoms with Crippen molar-refractivity contribution in [3.8, 4) is 28.7 Å². The van der Waals surface area contributed by atoms with Crippen LogP contribution < -0.4 is 23.7 Å². The Morgan fingerprint density at radius 1 is 0.875 bits per heavy atom. The van der Waals surface area contributed by atoms with Crippen molar-refractivity contribution in [1.82, 2.24) is 0 Å². The van der Waals surface area contributed by atoms with Gasteiger partial charge in [0.1, 0.15) is 0 Å². The number of ether oxygens (including phenoxy) is 5. The Hall–Kier alpha value is -2.81. The molecule has 3 rings (SSSR count). The molecule has 0 saturated carbocycles. The molecule has 2 atom stereocenters. The first-order valence-corrected chi connectivity index (χ1v) is 11.4. The number of hydrogen-bond acceptors (Lipinski definition) is 8. The molecule has 0 bridgehead atoms. The van der Waals surface area contributed by atoms with Crippen molar-refractivity contribution < 1.29 is 28.6 Å². The summed E-state index contributed by atoms with van der Waals surface area (Å²) in [6, 6.07) is 7.40. The number of nitro benzene ring substituents is 1. The third kappa shape index (κ3) is 4.82. The van der Waals surface area contributed by atoms with Gasteiger partial charge < -0.3 is 23.7 Å². The fraction of sp³-hybridized carbons (Fsp3) is 0.478. The lowest BCUT2D eigenvalue weighted by Gasteiger charge is -2.18. The summed E-state index contributed by atoms with van der Waals surface area (Å²) in [4.78, 5) is 11.3. The number of benzene rings is 2. The molecule has 0 aromatic heterocycles. The molecule has 0 N–H and O–H groups in total. The van der Waals surface area contributed by atoms with Crippen LogP contribution in [0.15, 0.2) is 24.3 Å². The second-order valence-corrected chi connectivity index (χ2v) is 8.74. The highest BCUT2D eigenvalue weighted by molar-refractivity contribution is 8.00. The van der Waals surface area contributed by atoms with E-state index in [2.05, 4.69) is 0 Å². The summed E-state index contributed by atoms with van der Waals surface area (Å²) in [7, 11) is 6.27. The predicted octanol–water partition coefficient (Wildman–Crippen LogP) is 5.73. The summed E-state index contributed by atoms with van der Waals surface area (Å²) in [5.74, 6) is 2.36. The molecule has 8 nitrogen and oxygen atoms in total. The first kappa shape index (κ1) is 23.8. The molecule has 1 saturated heterocycles. The zero-order valence-corrected chi connectivity index (χ0v) is 19.8. The smallest absolute Gasteiger partial charge is 0.315 e. The number of methoxy groups -OCH3 is 4. The Morgan fingerprint density at radius 3 is 1.81 bits per heavy atom. The van der Waals surface area contributed by atoms with Gasteiger partial charge in [-0.2, -0.15) is 0 Å². The molecule has 1 heterocycles. The first-order valence-electron chi connectivity index (χ1n) is 10.4. The minimum Gasteiger partial charge on any atom is -0.493 e. The van der Waals surface area contributed by atoms with E-state index in [0.29, 0.717) is 29.6 Å². The fourth-order valence-corrected chi connectivity index (χ4v) is 5.37. The molecule has 32 heavy (non-hydrogen) atoms. The Balaban J connectivity index is 1.91. The first-order chi connectivity index (χ1) is 15.5. The number of thioether (sulfide) groups is 1. The van der Waals surface area contributed by atoms with Gasteiger partial charge in [-0.15, -0.1) is 11.8 Å². The van der Waals surface area contributed by atoms with Gasteiger partial charge in [0, 0.05) is 16.6 Å². The second kappa shape index (κ2) is 10.7. The van der Waals surface area contributed by atoms with Crippen LogP contribution in [-0.2, 0) is 0 Å². The molecule has 0 aliphatic carbocycles. The molecule has 0 radical (unpaired) electrons. The van der Waals surface area contributed by atoms with Crippen LogP contribution in [0, 0.1) is 10.1 Å². The van der Waals surface area contributed by atoms with E-state index in [1.165, 1.54) is 7.11 Å². The minimum atomic E-state index is -0.409. The molecule has 2 aromatic carbocycles. The molecule has 2 aromatic rings. The highest BCUT2D eigenvalue weighted by Crippen LogP contribution is 2.56. The average Bonchev–Trinajstić information content (AvgIpc) is 3.31. The van der Waals surface area contributed by atoms with Gasteiger partial charge in [0.15, 0.2) is 17.2 Å². The van der Waals surface area contributed by atoms with Gasteiger partial charge in [-0.05, 0) is 48.6 Å². The molecule has 1 aliphatic heterocycles. The standard InChI is InChI=1S/C23H29NO7S/c1-6-9-31-22-16(24(25)26)10-14(11-17(22)27-2)20-7-8-21(32-20)15-12-18(28-3)23(30-5)19(13-15)29-4/h10-13,20-21H,6-9H2,1-5H3/t20-,21-/m0/s1. The fourth-order valence-electron chi connectivity index (χ4n) is 3.85. The third-order valence-corrected chi connectivity index (χ3v) is 7.05. The quantitative estimate of drug-likeness (QED) is 0.326.